The molecule has 1 rings (SSSR count). The van der Waals surface area contributed by atoms with Crippen LogP contribution in [0, 0.1) is 11.7 Å². The maximum absolute atomic E-state index is 12.6. The number of nitrogens with one attached hydrogen (secondary N) is 1. The predicted molar refractivity (Wildman–Crippen MR) is 61.4 cm³/mol. The maximum Gasteiger partial charge on any atom is 0.141 e. The highest BCUT2D eigenvalue weighted by atomic mass is 19.1. The topological polar surface area (TPSA) is 24.9 Å². The van der Waals surface area contributed by atoms with Gasteiger partial charge in [0.2, 0.25) is 0 Å². The first kappa shape index (κ1) is 12.0. The summed E-state index contributed by atoms with van der Waals surface area (Å²) in [4.78, 5) is 3.96. The minimum absolute atomic E-state index is 0.296. The van der Waals surface area contributed by atoms with Crippen molar-refractivity contribution in [3.63, 3.8) is 0 Å². The molecular formula is C12H19FN2. The fraction of sp³-hybridized carbons (Fsp3) is 0.583. The van der Waals surface area contributed by atoms with Crippen LogP contribution >= 0.6 is 0 Å². The molecule has 0 bridgehead atoms. The van der Waals surface area contributed by atoms with Crippen molar-refractivity contribution in [1.82, 2.24) is 4.98 Å². The van der Waals surface area contributed by atoms with E-state index in [4.69, 9.17) is 0 Å². The first-order valence-corrected chi connectivity index (χ1v) is 5.46. The Bertz CT molecular complexity index is 282. The van der Waals surface area contributed by atoms with Gasteiger partial charge in [0.1, 0.15) is 11.6 Å². The Labute approximate surface area is 90.9 Å². The molecule has 0 aliphatic rings. The molecule has 1 heterocycles. The van der Waals surface area contributed by atoms with Gasteiger partial charge < -0.3 is 5.32 Å². The second-order valence-electron chi connectivity index (χ2n) is 4.38. The highest BCUT2D eigenvalue weighted by molar-refractivity contribution is 5.34. The number of nitrogens with zero attached hydrogens (tertiary/aromatic N) is 1. The zero-order chi connectivity index (χ0) is 11.3. The standard InChI is InChI=1S/C12H19FN2/c1-9(2)4-5-10(3)15-12-7-6-11(13)8-14-12/h6-10H,4-5H2,1-3H3,(H,14,15). The zero-order valence-corrected chi connectivity index (χ0v) is 9.63. The Morgan fingerprint density at radius 3 is 2.53 bits per heavy atom. The second-order valence-corrected chi connectivity index (χ2v) is 4.38. The summed E-state index contributed by atoms with van der Waals surface area (Å²) in [5.74, 6) is 1.17. The Morgan fingerprint density at radius 1 is 1.27 bits per heavy atom. The van der Waals surface area contributed by atoms with Crippen LogP contribution in [0.15, 0.2) is 18.3 Å². The lowest BCUT2D eigenvalue weighted by Crippen LogP contribution is -2.16. The number of pyridine rings is 1. The lowest BCUT2D eigenvalue weighted by atomic mass is 10.0. The van der Waals surface area contributed by atoms with Crippen LogP contribution < -0.4 is 5.32 Å². The molecule has 1 unspecified atom stereocenters. The van der Waals surface area contributed by atoms with Gasteiger partial charge in [-0.1, -0.05) is 13.8 Å². The van der Waals surface area contributed by atoms with Crippen LogP contribution in [0.5, 0.6) is 0 Å². The summed E-state index contributed by atoms with van der Waals surface area (Å²) >= 11 is 0. The number of anilines is 1. The summed E-state index contributed by atoms with van der Waals surface area (Å²) in [6.07, 6.45) is 3.53. The van der Waals surface area contributed by atoms with Gasteiger partial charge in [-0.05, 0) is 37.8 Å². The van der Waals surface area contributed by atoms with Crippen molar-refractivity contribution in [1.29, 1.82) is 0 Å². The number of hydrogen-bond donors (Lipinski definition) is 1. The fourth-order valence-corrected chi connectivity index (χ4v) is 1.37. The molecule has 15 heavy (non-hydrogen) atoms. The van der Waals surface area contributed by atoms with Gasteiger partial charge >= 0.3 is 0 Å². The number of aromatic nitrogens is 1. The van der Waals surface area contributed by atoms with Crippen molar-refractivity contribution in [2.45, 2.75) is 39.7 Å². The van der Waals surface area contributed by atoms with Gasteiger partial charge in [0.25, 0.3) is 0 Å². The molecule has 84 valence electrons. The molecule has 0 radical (unpaired) electrons. The SMILES string of the molecule is CC(C)CCC(C)Nc1ccc(F)cn1. The Balaban J connectivity index is 2.37. The molecular weight excluding hydrogens is 191 g/mol. The summed E-state index contributed by atoms with van der Waals surface area (Å²) < 4.78 is 12.6. The smallest absolute Gasteiger partial charge is 0.141 e. The van der Waals surface area contributed by atoms with Gasteiger partial charge in [-0.3, -0.25) is 0 Å². The van der Waals surface area contributed by atoms with E-state index in [0.717, 1.165) is 18.2 Å². The highest BCUT2D eigenvalue weighted by Gasteiger charge is 2.04. The van der Waals surface area contributed by atoms with E-state index in [1.54, 1.807) is 6.07 Å². The van der Waals surface area contributed by atoms with E-state index in [-0.39, 0.29) is 5.82 Å². The van der Waals surface area contributed by atoms with Crippen LogP contribution in [-0.2, 0) is 0 Å². The third kappa shape index (κ3) is 4.77. The van der Waals surface area contributed by atoms with Gasteiger partial charge in [0.05, 0.1) is 6.20 Å². The molecule has 0 aliphatic carbocycles. The van der Waals surface area contributed by atoms with Crippen molar-refractivity contribution in [2.24, 2.45) is 5.92 Å². The number of hydrogen-bond acceptors (Lipinski definition) is 2. The van der Waals surface area contributed by atoms with Crippen molar-refractivity contribution in [3.05, 3.63) is 24.1 Å². The minimum atomic E-state index is -0.296. The Kier molecular flexibility index (Phi) is 4.53. The van der Waals surface area contributed by atoms with Crippen LogP contribution in [-0.4, -0.2) is 11.0 Å². The van der Waals surface area contributed by atoms with E-state index in [1.807, 2.05) is 0 Å². The van der Waals surface area contributed by atoms with E-state index in [2.05, 4.69) is 31.1 Å². The number of halogens is 1. The lowest BCUT2D eigenvalue weighted by Gasteiger charge is -2.15. The quantitative estimate of drug-likeness (QED) is 0.805. The molecule has 0 spiro atoms. The monoisotopic (exact) mass is 210 g/mol. The van der Waals surface area contributed by atoms with Gasteiger partial charge in [0.15, 0.2) is 0 Å². The summed E-state index contributed by atoms with van der Waals surface area (Å²) in [5, 5.41) is 3.25. The van der Waals surface area contributed by atoms with Crippen LogP contribution in [0.4, 0.5) is 10.2 Å². The summed E-state index contributed by atoms with van der Waals surface area (Å²) in [6, 6.07) is 3.47. The van der Waals surface area contributed by atoms with Gasteiger partial charge in [0, 0.05) is 6.04 Å². The average molecular weight is 210 g/mol. The molecule has 2 nitrogen and oxygen atoms in total. The van der Waals surface area contributed by atoms with Crippen LogP contribution in [0.1, 0.15) is 33.6 Å². The van der Waals surface area contributed by atoms with E-state index >= 15 is 0 Å². The van der Waals surface area contributed by atoms with Crippen molar-refractivity contribution < 1.29 is 4.39 Å². The zero-order valence-electron chi connectivity index (χ0n) is 9.63. The molecule has 3 heteroatoms. The molecule has 0 saturated carbocycles. The van der Waals surface area contributed by atoms with Crippen molar-refractivity contribution in [3.8, 4) is 0 Å². The summed E-state index contributed by atoms with van der Waals surface area (Å²) in [6.45, 7) is 6.54. The molecule has 1 N–H and O–H groups in total. The maximum atomic E-state index is 12.6. The average Bonchev–Trinajstić information content (AvgIpc) is 2.19. The van der Waals surface area contributed by atoms with E-state index in [9.17, 15) is 4.39 Å². The van der Waals surface area contributed by atoms with Gasteiger partial charge in [-0.15, -0.1) is 0 Å². The van der Waals surface area contributed by atoms with Gasteiger partial charge in [-0.25, -0.2) is 9.37 Å². The van der Waals surface area contributed by atoms with Crippen molar-refractivity contribution in [2.75, 3.05) is 5.32 Å². The van der Waals surface area contributed by atoms with E-state index in [1.165, 1.54) is 18.7 Å². The van der Waals surface area contributed by atoms with Crippen molar-refractivity contribution >= 4 is 5.82 Å². The molecule has 0 aromatic carbocycles. The minimum Gasteiger partial charge on any atom is -0.368 e. The molecule has 0 aliphatic heterocycles. The Morgan fingerprint density at radius 2 is 2.00 bits per heavy atom. The molecule has 1 aromatic heterocycles. The summed E-state index contributed by atoms with van der Waals surface area (Å²) in [5.41, 5.74) is 0. The third-order valence-corrected chi connectivity index (χ3v) is 2.30. The number of rotatable bonds is 5. The summed E-state index contributed by atoms with van der Waals surface area (Å²) in [7, 11) is 0. The molecule has 1 atom stereocenters. The highest BCUT2D eigenvalue weighted by Crippen LogP contribution is 2.11. The molecule has 0 saturated heterocycles. The van der Waals surface area contributed by atoms with Crippen LogP contribution in [0.2, 0.25) is 0 Å². The van der Waals surface area contributed by atoms with Gasteiger partial charge in [-0.2, -0.15) is 0 Å². The Hall–Kier alpha value is -1.12. The largest absolute Gasteiger partial charge is 0.368 e. The normalized spacial score (nSPS) is 12.9. The molecule has 1 aromatic rings. The molecule has 0 fully saturated rings. The third-order valence-electron chi connectivity index (χ3n) is 2.30. The predicted octanol–water partition coefficient (Wildman–Crippen LogP) is 3.46. The fourth-order valence-electron chi connectivity index (χ4n) is 1.37. The van der Waals surface area contributed by atoms with E-state index < -0.39 is 0 Å². The molecule has 0 amide bonds. The van der Waals surface area contributed by atoms with Crippen LogP contribution in [0.25, 0.3) is 0 Å². The van der Waals surface area contributed by atoms with Crippen LogP contribution in [0.3, 0.4) is 0 Å². The van der Waals surface area contributed by atoms with E-state index in [0.29, 0.717) is 6.04 Å². The first-order valence-electron chi connectivity index (χ1n) is 5.46. The lowest BCUT2D eigenvalue weighted by molar-refractivity contribution is 0.527. The first-order chi connectivity index (χ1) is 7.08. The second kappa shape index (κ2) is 5.69.